The van der Waals surface area contributed by atoms with Crippen molar-refractivity contribution < 1.29 is 26.1 Å². The average molecular weight is 495 g/mol. The summed E-state index contributed by atoms with van der Waals surface area (Å²) < 4.78 is 18.0. The molecule has 0 amide bonds. The number of halogens is 2. The summed E-state index contributed by atoms with van der Waals surface area (Å²) in [6.45, 7) is -0.401. The summed E-state index contributed by atoms with van der Waals surface area (Å²) in [5.74, 6) is 0.704. The second-order valence-corrected chi connectivity index (χ2v) is 10.6. The zero-order chi connectivity index (χ0) is 20.7. The SMILES string of the molecule is FCCOc1ccc([P+](Cc2ccccc2)(c2ccccc2)c2ccccc2)cc1.[Br-]. The van der Waals surface area contributed by atoms with Crippen molar-refractivity contribution in [1.29, 1.82) is 0 Å². The minimum atomic E-state index is -1.95. The van der Waals surface area contributed by atoms with E-state index in [-0.39, 0.29) is 23.6 Å². The second kappa shape index (κ2) is 11.2. The highest BCUT2D eigenvalue weighted by molar-refractivity contribution is 7.95. The van der Waals surface area contributed by atoms with E-state index in [2.05, 4.69) is 103 Å². The Balaban J connectivity index is 0.00000272. The maximum atomic E-state index is 12.5. The first-order valence-corrected chi connectivity index (χ1v) is 12.1. The standard InChI is InChI=1S/C27H25FOP.BrH/c28-20-21-29-24-16-18-27(19-17-24)30(25-12-6-2-7-13-25,26-14-8-3-9-15-26)22-23-10-4-1-5-11-23;/h1-19H,20-22H2;1H/q+1;/p-1. The zero-order valence-corrected chi connectivity index (χ0v) is 19.7. The predicted octanol–water partition coefficient (Wildman–Crippen LogP) is 2.53. The summed E-state index contributed by atoms with van der Waals surface area (Å²) in [4.78, 5) is 0. The molecule has 0 aliphatic heterocycles. The number of rotatable bonds is 8. The van der Waals surface area contributed by atoms with E-state index >= 15 is 0 Å². The predicted molar refractivity (Wildman–Crippen MR) is 127 cm³/mol. The smallest absolute Gasteiger partial charge is 0.123 e. The van der Waals surface area contributed by atoms with Crippen molar-refractivity contribution in [3.05, 3.63) is 121 Å². The van der Waals surface area contributed by atoms with E-state index in [1.807, 2.05) is 12.1 Å². The molecule has 0 fully saturated rings. The van der Waals surface area contributed by atoms with Crippen LogP contribution in [0.1, 0.15) is 5.56 Å². The molecule has 0 unspecified atom stereocenters. The van der Waals surface area contributed by atoms with E-state index in [1.54, 1.807) is 0 Å². The normalized spacial score (nSPS) is 10.9. The van der Waals surface area contributed by atoms with Crippen molar-refractivity contribution in [2.45, 2.75) is 6.16 Å². The molecular formula is C27H25BrFOP. The zero-order valence-electron chi connectivity index (χ0n) is 17.2. The van der Waals surface area contributed by atoms with Gasteiger partial charge >= 0.3 is 0 Å². The van der Waals surface area contributed by atoms with Gasteiger partial charge in [0.2, 0.25) is 0 Å². The average Bonchev–Trinajstić information content (AvgIpc) is 2.83. The van der Waals surface area contributed by atoms with Crippen LogP contribution in [0.5, 0.6) is 5.75 Å². The molecule has 0 saturated carbocycles. The largest absolute Gasteiger partial charge is 1.00 e. The molecule has 0 bridgehead atoms. The molecule has 0 aliphatic carbocycles. The lowest BCUT2D eigenvalue weighted by Crippen LogP contribution is -3.00. The molecule has 4 aromatic rings. The van der Waals surface area contributed by atoms with Gasteiger partial charge in [0.25, 0.3) is 0 Å². The van der Waals surface area contributed by atoms with Gasteiger partial charge in [0, 0.05) is 0 Å². The Kier molecular flexibility index (Phi) is 8.40. The second-order valence-electron chi connectivity index (χ2n) is 7.16. The molecule has 0 spiro atoms. The van der Waals surface area contributed by atoms with Gasteiger partial charge in [0.05, 0.1) is 6.16 Å². The molecule has 1 nitrogen and oxygen atoms in total. The number of ether oxygens (including phenoxy) is 1. The number of alkyl halides is 1. The summed E-state index contributed by atoms with van der Waals surface area (Å²) in [5.41, 5.74) is 1.32. The van der Waals surface area contributed by atoms with E-state index < -0.39 is 13.9 Å². The van der Waals surface area contributed by atoms with Gasteiger partial charge in [0.1, 0.15) is 42.2 Å². The molecule has 0 heterocycles. The summed E-state index contributed by atoms with van der Waals surface area (Å²) in [6.07, 6.45) is 0.937. The van der Waals surface area contributed by atoms with Gasteiger partial charge in [0.15, 0.2) is 0 Å². The van der Waals surface area contributed by atoms with Gasteiger partial charge in [-0.15, -0.1) is 0 Å². The van der Waals surface area contributed by atoms with Crippen LogP contribution in [0, 0.1) is 0 Å². The first kappa shape index (κ1) is 23.2. The van der Waals surface area contributed by atoms with Crippen molar-refractivity contribution in [1.82, 2.24) is 0 Å². The van der Waals surface area contributed by atoms with Crippen LogP contribution in [-0.2, 0) is 6.16 Å². The van der Waals surface area contributed by atoms with Crippen LogP contribution in [0.3, 0.4) is 0 Å². The van der Waals surface area contributed by atoms with Gasteiger partial charge in [-0.05, 0) is 54.1 Å². The van der Waals surface area contributed by atoms with Crippen molar-refractivity contribution in [2.75, 3.05) is 13.3 Å². The van der Waals surface area contributed by atoms with Crippen LogP contribution < -0.4 is 37.6 Å². The van der Waals surface area contributed by atoms with Crippen molar-refractivity contribution in [3.63, 3.8) is 0 Å². The van der Waals surface area contributed by atoms with E-state index in [0.717, 1.165) is 6.16 Å². The highest BCUT2D eigenvalue weighted by Crippen LogP contribution is 2.58. The third-order valence-corrected chi connectivity index (χ3v) is 9.66. The third-order valence-electron chi connectivity index (χ3n) is 5.28. The minimum absolute atomic E-state index is 0. The Bertz CT molecular complexity index is 1000. The summed E-state index contributed by atoms with van der Waals surface area (Å²) in [6, 6.07) is 40.6. The van der Waals surface area contributed by atoms with Gasteiger partial charge < -0.3 is 21.7 Å². The molecule has 0 aliphatic rings. The van der Waals surface area contributed by atoms with E-state index in [0.29, 0.717) is 5.75 Å². The maximum absolute atomic E-state index is 12.5. The highest BCUT2D eigenvalue weighted by Gasteiger charge is 2.45. The fraction of sp³-hybridized carbons (Fsp3) is 0.111. The molecular weight excluding hydrogens is 470 g/mol. The molecule has 4 heteroatoms. The molecule has 158 valence electrons. The van der Waals surface area contributed by atoms with Gasteiger partial charge in [-0.1, -0.05) is 66.7 Å². The van der Waals surface area contributed by atoms with E-state index in [1.165, 1.54) is 21.5 Å². The molecule has 0 saturated heterocycles. The lowest BCUT2D eigenvalue weighted by atomic mass is 10.2. The molecule has 0 aromatic heterocycles. The molecule has 31 heavy (non-hydrogen) atoms. The number of benzene rings is 4. The van der Waals surface area contributed by atoms with Crippen molar-refractivity contribution in [3.8, 4) is 5.75 Å². The van der Waals surface area contributed by atoms with Gasteiger partial charge in [-0.3, -0.25) is 0 Å². The Morgan fingerprint density at radius 3 is 1.52 bits per heavy atom. The fourth-order valence-corrected chi connectivity index (χ4v) is 8.12. The highest BCUT2D eigenvalue weighted by atomic mass is 79.9. The lowest BCUT2D eigenvalue weighted by molar-refractivity contribution is -0.00000667. The quantitative estimate of drug-likeness (QED) is 0.342. The third kappa shape index (κ3) is 5.23. The fourth-order valence-electron chi connectivity index (χ4n) is 3.90. The molecule has 4 aromatic carbocycles. The monoisotopic (exact) mass is 494 g/mol. The lowest BCUT2D eigenvalue weighted by Gasteiger charge is -2.28. The van der Waals surface area contributed by atoms with Crippen LogP contribution in [0.2, 0.25) is 0 Å². The molecule has 0 radical (unpaired) electrons. The maximum Gasteiger partial charge on any atom is 0.123 e. The Labute approximate surface area is 195 Å². The van der Waals surface area contributed by atoms with Gasteiger partial charge in [-0.25, -0.2) is 4.39 Å². The van der Waals surface area contributed by atoms with E-state index in [9.17, 15) is 4.39 Å². The van der Waals surface area contributed by atoms with Crippen LogP contribution in [0.15, 0.2) is 115 Å². The minimum Gasteiger partial charge on any atom is -1.00 e. The van der Waals surface area contributed by atoms with Crippen LogP contribution in [0.25, 0.3) is 0 Å². The summed E-state index contributed by atoms with van der Waals surface area (Å²) >= 11 is 0. The Morgan fingerprint density at radius 2 is 1.03 bits per heavy atom. The molecule has 4 rings (SSSR count). The summed E-state index contributed by atoms with van der Waals surface area (Å²) in [7, 11) is -1.95. The van der Waals surface area contributed by atoms with Crippen LogP contribution in [0.4, 0.5) is 4.39 Å². The topological polar surface area (TPSA) is 9.23 Å². The Morgan fingerprint density at radius 1 is 0.581 bits per heavy atom. The Hall–Kier alpha value is -2.48. The van der Waals surface area contributed by atoms with Gasteiger partial charge in [-0.2, -0.15) is 0 Å². The number of hydrogen-bond donors (Lipinski definition) is 0. The number of hydrogen-bond acceptors (Lipinski definition) is 1. The molecule has 0 N–H and O–H groups in total. The van der Waals surface area contributed by atoms with Crippen LogP contribution in [-0.4, -0.2) is 13.3 Å². The van der Waals surface area contributed by atoms with Crippen molar-refractivity contribution in [2.24, 2.45) is 0 Å². The first-order valence-electron chi connectivity index (χ1n) is 10.2. The molecule has 0 atom stereocenters. The van der Waals surface area contributed by atoms with E-state index in [4.69, 9.17) is 4.74 Å². The van der Waals surface area contributed by atoms with Crippen molar-refractivity contribution >= 4 is 23.2 Å². The summed E-state index contributed by atoms with van der Waals surface area (Å²) in [5, 5.41) is 3.98. The van der Waals surface area contributed by atoms with Crippen LogP contribution >= 0.6 is 7.26 Å². The first-order chi connectivity index (χ1) is 14.8.